The van der Waals surface area contributed by atoms with Crippen molar-refractivity contribution in [2.24, 2.45) is 0 Å². The lowest BCUT2D eigenvalue weighted by Crippen LogP contribution is -2.00. The summed E-state index contributed by atoms with van der Waals surface area (Å²) in [7, 11) is 0. The van der Waals surface area contributed by atoms with Gasteiger partial charge in [-0.05, 0) is 41.3 Å². The monoisotopic (exact) mass is 308 g/mol. The lowest BCUT2D eigenvalue weighted by molar-refractivity contribution is 0.808. The van der Waals surface area contributed by atoms with E-state index in [-0.39, 0.29) is 0 Å². The molecule has 3 heteroatoms. The number of halogens is 1. The van der Waals surface area contributed by atoms with Gasteiger partial charge in [0.05, 0.1) is 11.6 Å². The number of fused-ring (bicyclic) bond motifs is 1. The molecule has 3 rings (SSSR count). The molecule has 1 aromatic heterocycles. The molecule has 0 radical (unpaired) electrons. The van der Waals surface area contributed by atoms with Crippen molar-refractivity contribution in [3.8, 4) is 6.07 Å². The molecule has 0 fully saturated rings. The first-order valence-electron chi connectivity index (χ1n) is 7.36. The summed E-state index contributed by atoms with van der Waals surface area (Å²) in [5.74, 6) is 0.424. The maximum Gasteiger partial charge on any atom is 0.0995 e. The largest absolute Gasteiger partial charge is 0.343 e. The predicted molar refractivity (Wildman–Crippen MR) is 91.3 cm³/mol. The molecule has 0 atom stereocenters. The van der Waals surface area contributed by atoms with E-state index in [1.165, 1.54) is 10.9 Å². The van der Waals surface area contributed by atoms with Crippen LogP contribution in [0, 0.1) is 11.3 Å². The quantitative estimate of drug-likeness (QED) is 0.642. The van der Waals surface area contributed by atoms with Gasteiger partial charge in [-0.2, -0.15) is 5.26 Å². The number of nitriles is 1. The molecule has 0 aliphatic rings. The normalized spacial score (nSPS) is 11.0. The fourth-order valence-electron chi connectivity index (χ4n) is 2.84. The molecule has 0 bridgehead atoms. The first kappa shape index (κ1) is 14.7. The summed E-state index contributed by atoms with van der Waals surface area (Å²) in [5, 5.41) is 11.2. The first-order valence-corrected chi connectivity index (χ1v) is 7.74. The van der Waals surface area contributed by atoms with Gasteiger partial charge in [0.2, 0.25) is 0 Å². The van der Waals surface area contributed by atoms with Crippen molar-refractivity contribution in [1.82, 2.24) is 4.57 Å². The van der Waals surface area contributed by atoms with E-state index < -0.39 is 0 Å². The molecule has 110 valence electrons. The minimum absolute atomic E-state index is 0.424. The summed E-state index contributed by atoms with van der Waals surface area (Å²) in [6.45, 7) is 5.06. The number of nitrogens with zero attached hydrogens (tertiary/aromatic N) is 2. The van der Waals surface area contributed by atoms with E-state index in [9.17, 15) is 5.26 Å². The Labute approximate surface area is 135 Å². The van der Waals surface area contributed by atoms with Crippen molar-refractivity contribution in [3.63, 3.8) is 0 Å². The highest BCUT2D eigenvalue weighted by Crippen LogP contribution is 2.30. The van der Waals surface area contributed by atoms with E-state index in [0.29, 0.717) is 12.5 Å². The molecule has 0 unspecified atom stereocenters. The lowest BCUT2D eigenvalue weighted by atomic mass is 10.0. The van der Waals surface area contributed by atoms with Crippen molar-refractivity contribution in [2.75, 3.05) is 0 Å². The number of benzene rings is 2. The molecule has 2 aromatic carbocycles. The molecule has 2 nitrogen and oxygen atoms in total. The Morgan fingerprint density at radius 2 is 1.95 bits per heavy atom. The van der Waals surface area contributed by atoms with Crippen LogP contribution in [-0.4, -0.2) is 4.57 Å². The Hall–Kier alpha value is -2.24. The van der Waals surface area contributed by atoms with E-state index >= 15 is 0 Å². The third-order valence-corrected chi connectivity index (χ3v) is 4.21. The fraction of sp³-hybridized carbons (Fsp3) is 0.211. The van der Waals surface area contributed by atoms with Gasteiger partial charge in [-0.15, -0.1) is 0 Å². The highest BCUT2D eigenvalue weighted by Gasteiger charge is 2.13. The Morgan fingerprint density at radius 3 is 2.68 bits per heavy atom. The van der Waals surface area contributed by atoms with Gasteiger partial charge in [0.25, 0.3) is 0 Å². The molecule has 1 heterocycles. The van der Waals surface area contributed by atoms with Crippen molar-refractivity contribution >= 4 is 22.5 Å². The van der Waals surface area contributed by atoms with Crippen LogP contribution in [0.4, 0.5) is 0 Å². The first-order chi connectivity index (χ1) is 10.6. The Morgan fingerprint density at radius 1 is 1.18 bits per heavy atom. The van der Waals surface area contributed by atoms with E-state index in [1.54, 1.807) is 0 Å². The standard InChI is InChI=1S/C19H17ClN2/c1-13(2)18-12-22(19-8-7-16(20)9-17(18)19)11-15-6-4-3-5-14(15)10-21/h3-9,12-13H,11H2,1-2H3. The summed E-state index contributed by atoms with van der Waals surface area (Å²) in [5.41, 5.74) is 4.20. The van der Waals surface area contributed by atoms with Gasteiger partial charge in [-0.1, -0.05) is 43.6 Å². The zero-order valence-corrected chi connectivity index (χ0v) is 13.4. The predicted octanol–water partition coefficient (Wildman–Crippen LogP) is 5.34. The zero-order valence-electron chi connectivity index (χ0n) is 12.7. The number of rotatable bonds is 3. The van der Waals surface area contributed by atoms with Gasteiger partial charge in [0.15, 0.2) is 0 Å². The molecule has 0 amide bonds. The summed E-state index contributed by atoms with van der Waals surface area (Å²) >= 11 is 6.16. The van der Waals surface area contributed by atoms with Crippen molar-refractivity contribution in [2.45, 2.75) is 26.3 Å². The molecule has 22 heavy (non-hydrogen) atoms. The lowest BCUT2D eigenvalue weighted by Gasteiger charge is -2.07. The second kappa shape index (κ2) is 5.87. The van der Waals surface area contributed by atoms with E-state index in [4.69, 9.17) is 11.6 Å². The minimum atomic E-state index is 0.424. The van der Waals surface area contributed by atoms with Crippen LogP contribution in [0.25, 0.3) is 10.9 Å². The van der Waals surface area contributed by atoms with E-state index in [1.807, 2.05) is 36.4 Å². The molecular weight excluding hydrogens is 292 g/mol. The van der Waals surface area contributed by atoms with Crippen molar-refractivity contribution < 1.29 is 0 Å². The van der Waals surface area contributed by atoms with E-state index in [2.05, 4.69) is 36.7 Å². The summed E-state index contributed by atoms with van der Waals surface area (Å²) in [6, 6.07) is 16.0. The van der Waals surface area contributed by atoms with E-state index in [0.717, 1.165) is 21.7 Å². The van der Waals surface area contributed by atoms with Gasteiger partial charge in [0, 0.05) is 28.7 Å². The van der Waals surface area contributed by atoms with Crippen molar-refractivity contribution in [3.05, 3.63) is 70.4 Å². The Kier molecular flexibility index (Phi) is 3.92. The molecular formula is C19H17ClN2. The van der Waals surface area contributed by atoms with Gasteiger partial charge >= 0.3 is 0 Å². The molecule has 0 aliphatic carbocycles. The smallest absolute Gasteiger partial charge is 0.0995 e. The minimum Gasteiger partial charge on any atom is -0.343 e. The third kappa shape index (κ3) is 2.61. The van der Waals surface area contributed by atoms with Crippen LogP contribution < -0.4 is 0 Å². The van der Waals surface area contributed by atoms with Gasteiger partial charge in [-0.25, -0.2) is 0 Å². The third-order valence-electron chi connectivity index (χ3n) is 3.97. The number of hydrogen-bond donors (Lipinski definition) is 0. The number of hydrogen-bond acceptors (Lipinski definition) is 1. The second-order valence-electron chi connectivity index (χ2n) is 5.80. The fourth-order valence-corrected chi connectivity index (χ4v) is 3.01. The van der Waals surface area contributed by atoms with Crippen LogP contribution in [0.15, 0.2) is 48.7 Å². The average Bonchev–Trinajstić information content (AvgIpc) is 2.86. The SMILES string of the molecule is CC(C)c1cn(Cc2ccccc2C#N)c2ccc(Cl)cc12. The topological polar surface area (TPSA) is 28.7 Å². The van der Waals surface area contributed by atoms with Gasteiger partial charge in [0.1, 0.15) is 0 Å². The second-order valence-corrected chi connectivity index (χ2v) is 6.23. The van der Waals surface area contributed by atoms with Crippen molar-refractivity contribution in [1.29, 1.82) is 5.26 Å². The Balaban J connectivity index is 2.14. The van der Waals surface area contributed by atoms with Crippen LogP contribution in [0.3, 0.4) is 0 Å². The average molecular weight is 309 g/mol. The summed E-state index contributed by atoms with van der Waals surface area (Å²) < 4.78 is 2.21. The molecule has 0 saturated carbocycles. The molecule has 0 spiro atoms. The summed E-state index contributed by atoms with van der Waals surface area (Å²) in [6.07, 6.45) is 2.18. The maximum atomic E-state index is 9.26. The van der Waals surface area contributed by atoms with Crippen LogP contribution in [0.2, 0.25) is 5.02 Å². The van der Waals surface area contributed by atoms with Gasteiger partial charge < -0.3 is 4.57 Å². The Bertz CT molecular complexity index is 869. The molecule has 0 N–H and O–H groups in total. The summed E-state index contributed by atoms with van der Waals surface area (Å²) in [4.78, 5) is 0. The van der Waals surface area contributed by atoms with Gasteiger partial charge in [-0.3, -0.25) is 0 Å². The van der Waals surface area contributed by atoms with Crippen LogP contribution >= 0.6 is 11.6 Å². The van der Waals surface area contributed by atoms with Crippen LogP contribution in [-0.2, 0) is 6.54 Å². The van der Waals surface area contributed by atoms with Crippen LogP contribution in [0.1, 0.15) is 36.5 Å². The molecule has 0 saturated heterocycles. The highest BCUT2D eigenvalue weighted by atomic mass is 35.5. The zero-order chi connectivity index (χ0) is 15.7. The molecule has 0 aliphatic heterocycles. The highest BCUT2D eigenvalue weighted by molar-refractivity contribution is 6.31. The molecule has 3 aromatic rings. The maximum absolute atomic E-state index is 9.26. The van der Waals surface area contributed by atoms with Crippen LogP contribution in [0.5, 0.6) is 0 Å². The number of aromatic nitrogens is 1.